The Kier molecular flexibility index (Phi) is 5.98. The number of imidazole rings is 1. The third-order valence-corrected chi connectivity index (χ3v) is 5.71. The maximum absolute atomic E-state index is 12.3. The number of aromatic nitrogens is 2. The van der Waals surface area contributed by atoms with Crippen molar-refractivity contribution in [2.24, 2.45) is 5.92 Å². The highest BCUT2D eigenvalue weighted by molar-refractivity contribution is 6.32. The average Bonchev–Trinajstić information content (AvgIpc) is 3.43. The molecule has 4 rings (SSSR count). The van der Waals surface area contributed by atoms with E-state index in [0.717, 1.165) is 23.1 Å². The topological polar surface area (TPSA) is 60.4 Å². The first-order valence-electron chi connectivity index (χ1n) is 10.5. The summed E-state index contributed by atoms with van der Waals surface area (Å²) in [7, 11) is 0. The molecular weight excluding hydrogens is 428 g/mol. The molecule has 0 unspecified atom stereocenters. The summed E-state index contributed by atoms with van der Waals surface area (Å²) in [4.78, 5) is 21.7. The maximum atomic E-state index is 12.3. The number of hydrogen-bond acceptors (Lipinski definition) is 4. The van der Waals surface area contributed by atoms with Crippen molar-refractivity contribution in [1.29, 1.82) is 0 Å². The number of pyridine rings is 1. The van der Waals surface area contributed by atoms with Gasteiger partial charge in [0.05, 0.1) is 19.4 Å². The molecule has 0 spiro atoms. The van der Waals surface area contributed by atoms with E-state index in [4.69, 9.17) is 27.6 Å². The van der Waals surface area contributed by atoms with Crippen LogP contribution in [0.15, 0.2) is 42.9 Å². The van der Waals surface area contributed by atoms with Gasteiger partial charge in [-0.25, -0.2) is 14.6 Å². The Morgan fingerprint density at radius 1 is 1.31 bits per heavy atom. The van der Waals surface area contributed by atoms with Crippen LogP contribution in [-0.4, -0.2) is 45.7 Å². The molecule has 1 fully saturated rings. The van der Waals surface area contributed by atoms with Crippen molar-refractivity contribution in [3.63, 3.8) is 0 Å². The second-order valence-electron chi connectivity index (χ2n) is 8.91. The number of hydrogen-bond donors (Lipinski definition) is 0. The molecule has 1 aliphatic rings. The minimum atomic E-state index is -0.508. The number of fused-ring (bicyclic) bond motifs is 1. The van der Waals surface area contributed by atoms with E-state index in [-0.39, 0.29) is 12.0 Å². The SMILES string of the molecule is [C-]#[N+]c1ccc(-c2cc(OC[C@@H]3CCN(C(=O)OC(C)(C)C)C3)c3cncn3c2Cl)cc1. The first kappa shape index (κ1) is 22.0. The molecule has 1 saturated heterocycles. The van der Waals surface area contributed by atoms with Crippen molar-refractivity contribution < 1.29 is 14.3 Å². The Morgan fingerprint density at radius 3 is 2.75 bits per heavy atom. The predicted octanol–water partition coefficient (Wildman–Crippen LogP) is 5.84. The first-order chi connectivity index (χ1) is 15.2. The Bertz CT molecular complexity index is 1170. The van der Waals surface area contributed by atoms with Crippen molar-refractivity contribution in [3.05, 3.63) is 59.4 Å². The molecule has 3 aromatic rings. The highest BCUT2D eigenvalue weighted by Gasteiger charge is 2.30. The van der Waals surface area contributed by atoms with Crippen LogP contribution in [-0.2, 0) is 4.74 Å². The fourth-order valence-electron chi connectivity index (χ4n) is 3.73. The predicted molar refractivity (Wildman–Crippen MR) is 123 cm³/mol. The molecule has 7 nitrogen and oxygen atoms in total. The van der Waals surface area contributed by atoms with Gasteiger partial charge >= 0.3 is 6.09 Å². The largest absolute Gasteiger partial charge is 0.491 e. The average molecular weight is 453 g/mol. The lowest BCUT2D eigenvalue weighted by Gasteiger charge is -2.24. The second-order valence-corrected chi connectivity index (χ2v) is 9.27. The lowest BCUT2D eigenvalue weighted by Crippen LogP contribution is -2.35. The van der Waals surface area contributed by atoms with E-state index in [1.54, 1.807) is 34.0 Å². The number of benzene rings is 1. The third-order valence-electron chi connectivity index (χ3n) is 5.32. The zero-order chi connectivity index (χ0) is 22.9. The van der Waals surface area contributed by atoms with Crippen molar-refractivity contribution >= 4 is 28.9 Å². The van der Waals surface area contributed by atoms with Gasteiger partial charge in [-0.05, 0) is 38.8 Å². The molecular formula is C24H25ClN4O3. The van der Waals surface area contributed by atoms with Crippen LogP contribution < -0.4 is 4.74 Å². The third kappa shape index (κ3) is 4.66. The Balaban J connectivity index is 1.51. The van der Waals surface area contributed by atoms with Crippen LogP contribution >= 0.6 is 11.6 Å². The van der Waals surface area contributed by atoms with Gasteiger partial charge in [-0.3, -0.25) is 4.40 Å². The molecule has 1 atom stereocenters. The molecule has 166 valence electrons. The molecule has 8 heteroatoms. The summed E-state index contributed by atoms with van der Waals surface area (Å²) in [5.74, 6) is 0.884. The van der Waals surface area contributed by atoms with Crippen LogP contribution in [0, 0.1) is 12.5 Å². The summed E-state index contributed by atoms with van der Waals surface area (Å²) in [6, 6.07) is 9.18. The van der Waals surface area contributed by atoms with E-state index in [9.17, 15) is 4.79 Å². The molecule has 3 heterocycles. The van der Waals surface area contributed by atoms with E-state index in [1.165, 1.54) is 0 Å². The van der Waals surface area contributed by atoms with Crippen molar-refractivity contribution in [3.8, 4) is 16.9 Å². The van der Waals surface area contributed by atoms with Crippen LogP contribution in [0.5, 0.6) is 5.75 Å². The van der Waals surface area contributed by atoms with Gasteiger partial charge in [0.2, 0.25) is 0 Å². The number of ether oxygens (including phenoxy) is 2. The fraction of sp³-hybridized carbons (Fsp3) is 0.375. The molecule has 0 radical (unpaired) electrons. The monoisotopic (exact) mass is 452 g/mol. The number of nitrogens with zero attached hydrogens (tertiary/aromatic N) is 4. The van der Waals surface area contributed by atoms with E-state index in [1.807, 2.05) is 39.0 Å². The Hall–Kier alpha value is -3.24. The molecule has 0 saturated carbocycles. The van der Waals surface area contributed by atoms with Gasteiger partial charge in [0.1, 0.15) is 28.3 Å². The smallest absolute Gasteiger partial charge is 0.410 e. The normalized spacial score (nSPS) is 16.2. The van der Waals surface area contributed by atoms with Crippen LogP contribution in [0.2, 0.25) is 5.15 Å². The van der Waals surface area contributed by atoms with Crippen LogP contribution in [0.1, 0.15) is 27.2 Å². The number of carbonyl (C=O) groups excluding carboxylic acids is 1. The van der Waals surface area contributed by atoms with E-state index in [0.29, 0.717) is 36.3 Å². The number of amides is 1. The van der Waals surface area contributed by atoms with Crippen LogP contribution in [0.3, 0.4) is 0 Å². The van der Waals surface area contributed by atoms with E-state index in [2.05, 4.69) is 9.83 Å². The molecule has 1 aromatic carbocycles. The van der Waals surface area contributed by atoms with Gasteiger partial charge < -0.3 is 14.4 Å². The second kappa shape index (κ2) is 8.71. The Labute approximate surface area is 192 Å². The first-order valence-corrected chi connectivity index (χ1v) is 10.9. The fourth-order valence-corrected chi connectivity index (χ4v) is 4.03. The van der Waals surface area contributed by atoms with Gasteiger partial charge in [-0.1, -0.05) is 35.9 Å². The molecule has 1 aliphatic heterocycles. The summed E-state index contributed by atoms with van der Waals surface area (Å²) in [6.45, 7) is 14.5. The van der Waals surface area contributed by atoms with Crippen LogP contribution in [0.4, 0.5) is 10.5 Å². The summed E-state index contributed by atoms with van der Waals surface area (Å²) in [5.41, 5.74) is 2.52. The standard InChI is InChI=1S/C24H25ClN4O3/c1-24(2,3)32-23(30)28-10-9-16(13-28)14-31-21-11-19(17-5-7-18(26-4)8-6-17)22(25)29-15-27-12-20(21)29/h5-8,11-12,15-16H,9-10,13-14H2,1-3H3/t16-/m1/s1. The lowest BCUT2D eigenvalue weighted by atomic mass is 10.1. The number of rotatable bonds is 4. The highest BCUT2D eigenvalue weighted by atomic mass is 35.5. The molecule has 0 aliphatic carbocycles. The molecule has 1 amide bonds. The van der Waals surface area contributed by atoms with E-state index >= 15 is 0 Å². The van der Waals surface area contributed by atoms with Crippen molar-refractivity contribution in [2.45, 2.75) is 32.8 Å². The molecule has 32 heavy (non-hydrogen) atoms. The van der Waals surface area contributed by atoms with E-state index < -0.39 is 5.60 Å². The number of likely N-dealkylation sites (tertiary alicyclic amines) is 1. The van der Waals surface area contributed by atoms with Gasteiger partial charge in [0, 0.05) is 24.6 Å². The summed E-state index contributed by atoms with van der Waals surface area (Å²) in [6.07, 6.45) is 3.94. The van der Waals surface area contributed by atoms with Crippen molar-refractivity contribution in [1.82, 2.24) is 14.3 Å². The molecule has 0 bridgehead atoms. The van der Waals surface area contributed by atoms with Gasteiger partial charge in [0.15, 0.2) is 5.69 Å². The summed E-state index contributed by atoms with van der Waals surface area (Å²) < 4.78 is 13.5. The number of carbonyl (C=O) groups is 1. The van der Waals surface area contributed by atoms with Crippen molar-refractivity contribution in [2.75, 3.05) is 19.7 Å². The van der Waals surface area contributed by atoms with Gasteiger partial charge in [-0.15, -0.1) is 0 Å². The minimum absolute atomic E-state index is 0.211. The highest BCUT2D eigenvalue weighted by Crippen LogP contribution is 2.36. The summed E-state index contributed by atoms with van der Waals surface area (Å²) in [5, 5.41) is 0.525. The summed E-state index contributed by atoms with van der Waals surface area (Å²) >= 11 is 6.65. The molecule has 0 N–H and O–H groups in total. The Morgan fingerprint density at radius 2 is 2.06 bits per heavy atom. The zero-order valence-corrected chi connectivity index (χ0v) is 19.1. The lowest BCUT2D eigenvalue weighted by molar-refractivity contribution is 0.0285. The van der Waals surface area contributed by atoms with Crippen LogP contribution in [0.25, 0.3) is 21.5 Å². The quantitative estimate of drug-likeness (QED) is 0.368. The maximum Gasteiger partial charge on any atom is 0.410 e. The van der Waals surface area contributed by atoms with Gasteiger partial charge in [-0.2, -0.15) is 0 Å². The molecule has 2 aromatic heterocycles. The number of halogens is 1. The van der Waals surface area contributed by atoms with Gasteiger partial charge in [0.25, 0.3) is 0 Å². The minimum Gasteiger partial charge on any atom is -0.491 e. The zero-order valence-electron chi connectivity index (χ0n) is 18.3.